The third-order valence-corrected chi connectivity index (χ3v) is 5.38. The minimum absolute atomic E-state index is 0.276. The van der Waals surface area contributed by atoms with Gasteiger partial charge >= 0.3 is 0 Å². The summed E-state index contributed by atoms with van der Waals surface area (Å²) in [7, 11) is 0. The molecule has 2 aliphatic rings. The van der Waals surface area contributed by atoms with Gasteiger partial charge in [0, 0.05) is 24.0 Å². The summed E-state index contributed by atoms with van der Waals surface area (Å²) in [5, 5.41) is 10.7. The number of hydrogen-bond acceptors (Lipinski definition) is 4. The van der Waals surface area contributed by atoms with Crippen LogP contribution in [0.1, 0.15) is 41.7 Å². The Morgan fingerprint density at radius 3 is 2.83 bits per heavy atom. The van der Waals surface area contributed by atoms with Gasteiger partial charge in [0.05, 0.1) is 5.56 Å². The fraction of sp³-hybridized carbons (Fsp3) is 0.643. The molecule has 2 heterocycles. The van der Waals surface area contributed by atoms with Crippen LogP contribution in [-0.4, -0.2) is 19.1 Å². The molecule has 1 fully saturated rings. The van der Waals surface area contributed by atoms with E-state index in [0.29, 0.717) is 0 Å². The van der Waals surface area contributed by atoms with Gasteiger partial charge in [-0.25, -0.2) is 0 Å². The van der Waals surface area contributed by atoms with E-state index in [2.05, 4.69) is 11.0 Å². The van der Waals surface area contributed by atoms with E-state index in [4.69, 9.17) is 5.73 Å². The number of thiophene rings is 1. The molecule has 18 heavy (non-hydrogen) atoms. The molecule has 3 rings (SSSR count). The van der Waals surface area contributed by atoms with Crippen molar-refractivity contribution in [1.82, 2.24) is 0 Å². The zero-order chi connectivity index (χ0) is 12.5. The summed E-state index contributed by atoms with van der Waals surface area (Å²) >= 11 is 1.85. The van der Waals surface area contributed by atoms with Crippen LogP contribution in [0.3, 0.4) is 0 Å². The number of fused-ring (bicyclic) bond motifs is 1. The van der Waals surface area contributed by atoms with Crippen molar-refractivity contribution in [2.24, 2.45) is 5.73 Å². The molecule has 0 amide bonds. The van der Waals surface area contributed by atoms with Crippen molar-refractivity contribution in [3.63, 3.8) is 0 Å². The molecule has 0 aromatic carbocycles. The Kier molecular flexibility index (Phi) is 3.27. The topological polar surface area (TPSA) is 53.0 Å². The number of nitriles is 1. The Morgan fingerprint density at radius 1 is 1.28 bits per heavy atom. The summed E-state index contributed by atoms with van der Waals surface area (Å²) in [5.41, 5.74) is 8.27. The summed E-state index contributed by atoms with van der Waals surface area (Å²) in [6, 6.07) is 2.73. The highest BCUT2D eigenvalue weighted by Crippen LogP contribution is 2.40. The first kappa shape index (κ1) is 12.0. The lowest BCUT2D eigenvalue weighted by atomic mass is 10.1. The standard InChI is InChI=1S/C14H19N3S/c15-8-12-11-4-2-1-3-5-13(11)18-14(12)17-7-6-10(16)9-17/h10H,1-7,9,16H2/t10-/m0/s1. The zero-order valence-corrected chi connectivity index (χ0v) is 11.4. The van der Waals surface area contributed by atoms with E-state index >= 15 is 0 Å². The molecule has 0 spiro atoms. The van der Waals surface area contributed by atoms with Crippen LogP contribution in [0.5, 0.6) is 0 Å². The van der Waals surface area contributed by atoms with Gasteiger partial charge in [-0.3, -0.25) is 0 Å². The molecule has 1 aromatic rings. The maximum Gasteiger partial charge on any atom is 0.110 e. The molecule has 96 valence electrons. The lowest BCUT2D eigenvalue weighted by Crippen LogP contribution is -2.26. The molecule has 0 unspecified atom stereocenters. The van der Waals surface area contributed by atoms with E-state index in [1.165, 1.54) is 34.7 Å². The van der Waals surface area contributed by atoms with Crippen molar-refractivity contribution in [1.29, 1.82) is 5.26 Å². The number of hydrogen-bond donors (Lipinski definition) is 1. The summed E-state index contributed by atoms with van der Waals surface area (Å²) in [4.78, 5) is 3.78. The lowest BCUT2D eigenvalue weighted by Gasteiger charge is -2.16. The predicted octanol–water partition coefficient (Wildman–Crippen LogP) is 2.43. The Morgan fingerprint density at radius 2 is 2.11 bits per heavy atom. The second-order valence-corrected chi connectivity index (χ2v) is 6.43. The van der Waals surface area contributed by atoms with Crippen LogP contribution in [-0.2, 0) is 12.8 Å². The Hall–Kier alpha value is -1.05. The summed E-state index contributed by atoms with van der Waals surface area (Å²) in [5.74, 6) is 0. The van der Waals surface area contributed by atoms with E-state index in [1.54, 1.807) is 0 Å². The highest BCUT2D eigenvalue weighted by Gasteiger charge is 2.27. The molecule has 4 heteroatoms. The fourth-order valence-electron chi connectivity index (χ4n) is 3.04. The van der Waals surface area contributed by atoms with Crippen molar-refractivity contribution >= 4 is 16.3 Å². The van der Waals surface area contributed by atoms with Crippen LogP contribution < -0.4 is 10.6 Å². The highest BCUT2D eigenvalue weighted by atomic mass is 32.1. The van der Waals surface area contributed by atoms with E-state index in [1.807, 2.05) is 11.3 Å². The fourth-order valence-corrected chi connectivity index (χ4v) is 4.41. The monoisotopic (exact) mass is 261 g/mol. The largest absolute Gasteiger partial charge is 0.361 e. The first-order chi connectivity index (χ1) is 8.79. The van der Waals surface area contributed by atoms with E-state index < -0.39 is 0 Å². The molecule has 1 aromatic heterocycles. The Labute approximate surface area is 112 Å². The summed E-state index contributed by atoms with van der Waals surface area (Å²) in [6.45, 7) is 1.92. The van der Waals surface area contributed by atoms with Crippen molar-refractivity contribution in [3.05, 3.63) is 16.0 Å². The molecule has 1 aliphatic carbocycles. The molecule has 1 atom stereocenters. The second-order valence-electron chi connectivity index (χ2n) is 5.35. The van der Waals surface area contributed by atoms with Gasteiger partial charge in [-0.2, -0.15) is 5.26 Å². The third kappa shape index (κ3) is 2.02. The minimum Gasteiger partial charge on any atom is -0.361 e. The van der Waals surface area contributed by atoms with Gasteiger partial charge in [-0.1, -0.05) is 6.42 Å². The molecular weight excluding hydrogens is 242 g/mol. The van der Waals surface area contributed by atoms with Gasteiger partial charge in [-0.15, -0.1) is 11.3 Å². The van der Waals surface area contributed by atoms with Crippen molar-refractivity contribution in [2.75, 3.05) is 18.0 Å². The zero-order valence-electron chi connectivity index (χ0n) is 10.6. The molecular formula is C14H19N3S. The quantitative estimate of drug-likeness (QED) is 0.790. The second kappa shape index (κ2) is 4.91. The molecule has 0 radical (unpaired) electrons. The van der Waals surface area contributed by atoms with Gasteiger partial charge in [0.15, 0.2) is 0 Å². The molecule has 3 nitrogen and oxygen atoms in total. The van der Waals surface area contributed by atoms with Crippen LogP contribution in [0.2, 0.25) is 0 Å². The first-order valence-electron chi connectivity index (χ1n) is 6.84. The molecule has 1 saturated heterocycles. The van der Waals surface area contributed by atoms with E-state index in [9.17, 15) is 5.26 Å². The molecule has 0 saturated carbocycles. The van der Waals surface area contributed by atoms with Gasteiger partial charge in [0.2, 0.25) is 0 Å². The van der Waals surface area contributed by atoms with E-state index in [0.717, 1.165) is 37.9 Å². The van der Waals surface area contributed by atoms with Crippen molar-refractivity contribution < 1.29 is 0 Å². The van der Waals surface area contributed by atoms with E-state index in [-0.39, 0.29) is 6.04 Å². The smallest absolute Gasteiger partial charge is 0.110 e. The number of nitrogens with zero attached hydrogens (tertiary/aromatic N) is 2. The van der Waals surface area contributed by atoms with Crippen LogP contribution in [0.15, 0.2) is 0 Å². The number of rotatable bonds is 1. The molecule has 2 N–H and O–H groups in total. The Bertz CT molecular complexity index is 486. The predicted molar refractivity (Wildman–Crippen MR) is 75.1 cm³/mol. The summed E-state index contributed by atoms with van der Waals surface area (Å²) in [6.07, 6.45) is 7.11. The van der Waals surface area contributed by atoms with Crippen molar-refractivity contribution in [2.45, 2.75) is 44.6 Å². The van der Waals surface area contributed by atoms with Crippen LogP contribution in [0.25, 0.3) is 0 Å². The Balaban J connectivity index is 1.98. The average molecular weight is 261 g/mol. The van der Waals surface area contributed by atoms with Crippen LogP contribution in [0.4, 0.5) is 5.00 Å². The SMILES string of the molecule is N#Cc1c(N2CC[C@H](N)C2)sc2c1CCCCC2. The van der Waals surface area contributed by atoms with Gasteiger partial charge in [0.1, 0.15) is 11.1 Å². The maximum atomic E-state index is 9.48. The summed E-state index contributed by atoms with van der Waals surface area (Å²) < 4.78 is 0. The van der Waals surface area contributed by atoms with Crippen LogP contribution in [0, 0.1) is 11.3 Å². The molecule has 1 aliphatic heterocycles. The lowest BCUT2D eigenvalue weighted by molar-refractivity contribution is 0.712. The first-order valence-corrected chi connectivity index (χ1v) is 7.66. The third-order valence-electron chi connectivity index (χ3n) is 4.03. The number of anilines is 1. The van der Waals surface area contributed by atoms with Crippen molar-refractivity contribution in [3.8, 4) is 6.07 Å². The number of nitrogens with two attached hydrogens (primary N) is 1. The minimum atomic E-state index is 0.276. The molecule has 0 bridgehead atoms. The van der Waals surface area contributed by atoms with Gasteiger partial charge in [-0.05, 0) is 37.7 Å². The highest BCUT2D eigenvalue weighted by molar-refractivity contribution is 7.16. The number of aryl methyl sites for hydroxylation is 1. The van der Waals surface area contributed by atoms with Gasteiger partial charge in [0.25, 0.3) is 0 Å². The van der Waals surface area contributed by atoms with Crippen LogP contribution >= 0.6 is 11.3 Å². The van der Waals surface area contributed by atoms with Gasteiger partial charge < -0.3 is 10.6 Å². The average Bonchev–Trinajstić information content (AvgIpc) is 2.86. The normalized spacial score (nSPS) is 23.6. The maximum absolute atomic E-state index is 9.48.